The Balaban J connectivity index is 2.83. The highest BCUT2D eigenvalue weighted by atomic mass is 32.2. The van der Waals surface area contributed by atoms with Gasteiger partial charge in [0.05, 0.1) is 6.61 Å². The molecule has 0 aliphatic carbocycles. The summed E-state index contributed by atoms with van der Waals surface area (Å²) in [6.07, 6.45) is 2.95. The van der Waals surface area contributed by atoms with Crippen molar-refractivity contribution < 1.29 is 22.1 Å². The Labute approximate surface area is 120 Å². The fourth-order valence-corrected chi connectivity index (χ4v) is 2.69. The van der Waals surface area contributed by atoms with Gasteiger partial charge >= 0.3 is 16.1 Å². The quantitative estimate of drug-likeness (QED) is 0.319. The van der Waals surface area contributed by atoms with Crippen molar-refractivity contribution in [1.82, 2.24) is 0 Å². The van der Waals surface area contributed by atoms with Crippen molar-refractivity contribution in [3.63, 3.8) is 0 Å². The normalized spacial score (nSPS) is 11.3. The Morgan fingerprint density at radius 2 is 1.85 bits per heavy atom. The molecule has 1 rings (SSSR count). The largest absolute Gasteiger partial charge is 0.425 e. The molecule has 20 heavy (non-hydrogen) atoms. The summed E-state index contributed by atoms with van der Waals surface area (Å²) in [6.45, 7) is 3.65. The first-order chi connectivity index (χ1) is 9.51. The van der Waals surface area contributed by atoms with Crippen LogP contribution in [-0.2, 0) is 19.1 Å². The maximum absolute atomic E-state index is 11.9. The average Bonchev–Trinajstić information content (AvgIpc) is 2.39. The Hall–Kier alpha value is -1.40. The first-order valence-electron chi connectivity index (χ1n) is 6.70. The minimum Gasteiger partial charge on any atom is -0.425 e. The lowest BCUT2D eigenvalue weighted by Crippen LogP contribution is -2.12. The van der Waals surface area contributed by atoms with Gasteiger partial charge in [0.1, 0.15) is 4.90 Å². The molecule has 0 heterocycles. The predicted molar refractivity (Wildman–Crippen MR) is 75.0 cm³/mol. The van der Waals surface area contributed by atoms with Crippen LogP contribution in [0, 0.1) is 0 Å². The van der Waals surface area contributed by atoms with Crippen LogP contribution in [0.5, 0.6) is 5.75 Å². The molecule has 6 heteroatoms. The molecule has 0 unspecified atom stereocenters. The molecule has 0 saturated carbocycles. The van der Waals surface area contributed by atoms with E-state index < -0.39 is 16.1 Å². The molecule has 0 atom stereocenters. The molecule has 0 aliphatic rings. The molecule has 0 aromatic heterocycles. The van der Waals surface area contributed by atoms with Crippen LogP contribution in [0.2, 0.25) is 0 Å². The molecule has 0 fully saturated rings. The molecule has 0 N–H and O–H groups in total. The second-order valence-corrected chi connectivity index (χ2v) is 5.82. The van der Waals surface area contributed by atoms with Crippen molar-refractivity contribution in [3.05, 3.63) is 24.3 Å². The number of esters is 1. The minimum absolute atomic E-state index is 0.0162. The summed E-state index contributed by atoms with van der Waals surface area (Å²) in [6, 6.07) is 5.98. The molecule has 0 aliphatic heterocycles. The topological polar surface area (TPSA) is 69.7 Å². The third kappa shape index (κ3) is 4.94. The number of carbonyl (C=O) groups excluding carboxylic acids is 1. The van der Waals surface area contributed by atoms with Crippen molar-refractivity contribution in [3.8, 4) is 5.75 Å². The SMILES string of the molecule is CCCCCC(=O)Oc1ccccc1S(=O)(=O)OCC. The van der Waals surface area contributed by atoms with E-state index in [1.54, 1.807) is 19.1 Å². The number of ether oxygens (including phenoxy) is 1. The van der Waals surface area contributed by atoms with E-state index in [2.05, 4.69) is 0 Å². The highest BCUT2D eigenvalue weighted by Gasteiger charge is 2.21. The zero-order valence-corrected chi connectivity index (χ0v) is 12.6. The first kappa shape index (κ1) is 16.7. The van der Waals surface area contributed by atoms with Gasteiger partial charge in [-0.05, 0) is 25.5 Å². The number of unbranched alkanes of at least 4 members (excludes halogenated alkanes) is 2. The van der Waals surface area contributed by atoms with Gasteiger partial charge in [0, 0.05) is 6.42 Å². The summed E-state index contributed by atoms with van der Waals surface area (Å²) in [5, 5.41) is 0. The lowest BCUT2D eigenvalue weighted by Gasteiger charge is -2.10. The fraction of sp³-hybridized carbons (Fsp3) is 0.500. The van der Waals surface area contributed by atoms with E-state index in [9.17, 15) is 13.2 Å². The maximum Gasteiger partial charge on any atom is 0.311 e. The van der Waals surface area contributed by atoms with Crippen LogP contribution in [0.4, 0.5) is 0 Å². The van der Waals surface area contributed by atoms with Crippen LogP contribution in [-0.4, -0.2) is 21.0 Å². The van der Waals surface area contributed by atoms with Gasteiger partial charge in [0.25, 0.3) is 0 Å². The van der Waals surface area contributed by atoms with Crippen LogP contribution >= 0.6 is 0 Å². The summed E-state index contributed by atoms with van der Waals surface area (Å²) in [5.41, 5.74) is 0. The summed E-state index contributed by atoms with van der Waals surface area (Å²) in [7, 11) is -3.89. The van der Waals surface area contributed by atoms with Crippen LogP contribution in [0.25, 0.3) is 0 Å². The highest BCUT2D eigenvalue weighted by Crippen LogP contribution is 2.25. The minimum atomic E-state index is -3.89. The van der Waals surface area contributed by atoms with Crippen molar-refractivity contribution >= 4 is 16.1 Å². The van der Waals surface area contributed by atoms with Crippen LogP contribution in [0.15, 0.2) is 29.2 Å². The number of benzene rings is 1. The summed E-state index contributed by atoms with van der Waals surface area (Å²) < 4.78 is 33.6. The maximum atomic E-state index is 11.9. The van der Waals surface area contributed by atoms with Crippen molar-refractivity contribution in [1.29, 1.82) is 0 Å². The highest BCUT2D eigenvalue weighted by molar-refractivity contribution is 7.86. The van der Waals surface area contributed by atoms with E-state index in [0.717, 1.165) is 19.3 Å². The van der Waals surface area contributed by atoms with E-state index in [1.165, 1.54) is 12.1 Å². The molecule has 0 spiro atoms. The lowest BCUT2D eigenvalue weighted by molar-refractivity contribution is -0.134. The predicted octanol–water partition coefficient (Wildman–Crippen LogP) is 2.90. The second-order valence-electron chi connectivity index (χ2n) is 4.24. The Kier molecular flexibility index (Phi) is 6.67. The summed E-state index contributed by atoms with van der Waals surface area (Å²) >= 11 is 0. The van der Waals surface area contributed by atoms with Gasteiger partial charge < -0.3 is 4.74 Å². The zero-order valence-electron chi connectivity index (χ0n) is 11.8. The molecule has 0 amide bonds. The molecule has 0 saturated heterocycles. The van der Waals surface area contributed by atoms with E-state index in [4.69, 9.17) is 8.92 Å². The number of hydrogen-bond donors (Lipinski definition) is 0. The number of hydrogen-bond acceptors (Lipinski definition) is 5. The lowest BCUT2D eigenvalue weighted by atomic mass is 10.2. The average molecular weight is 300 g/mol. The van der Waals surface area contributed by atoms with Crippen LogP contribution in [0.3, 0.4) is 0 Å². The van der Waals surface area contributed by atoms with Gasteiger partial charge in [-0.25, -0.2) is 0 Å². The zero-order chi connectivity index (χ0) is 15.0. The van der Waals surface area contributed by atoms with Gasteiger partial charge in [-0.3, -0.25) is 8.98 Å². The molecular weight excluding hydrogens is 280 g/mol. The van der Waals surface area contributed by atoms with Gasteiger partial charge in [-0.1, -0.05) is 31.9 Å². The molecule has 5 nitrogen and oxygen atoms in total. The van der Waals surface area contributed by atoms with E-state index in [0.29, 0.717) is 0 Å². The standard InChI is InChI=1S/C14H20O5S/c1-3-5-6-11-14(15)19-12-9-7-8-10-13(12)20(16,17)18-4-2/h7-10H,3-6,11H2,1-2H3. The number of para-hydroxylation sites is 1. The summed E-state index contributed by atoms with van der Waals surface area (Å²) in [5.74, 6) is -0.417. The monoisotopic (exact) mass is 300 g/mol. The third-order valence-electron chi connectivity index (χ3n) is 2.60. The molecular formula is C14H20O5S. The van der Waals surface area contributed by atoms with Crippen molar-refractivity contribution in [2.75, 3.05) is 6.61 Å². The van der Waals surface area contributed by atoms with Gasteiger partial charge in [-0.2, -0.15) is 8.42 Å². The molecule has 0 bridgehead atoms. The van der Waals surface area contributed by atoms with Crippen molar-refractivity contribution in [2.45, 2.75) is 44.4 Å². The Morgan fingerprint density at radius 1 is 1.15 bits per heavy atom. The summed E-state index contributed by atoms with van der Waals surface area (Å²) in [4.78, 5) is 11.5. The third-order valence-corrected chi connectivity index (χ3v) is 4.02. The molecule has 1 aromatic carbocycles. The Morgan fingerprint density at radius 3 is 2.50 bits per heavy atom. The van der Waals surface area contributed by atoms with Gasteiger partial charge in [-0.15, -0.1) is 0 Å². The van der Waals surface area contributed by atoms with Gasteiger partial charge in [0.2, 0.25) is 0 Å². The van der Waals surface area contributed by atoms with Crippen LogP contribution in [0.1, 0.15) is 39.5 Å². The smallest absolute Gasteiger partial charge is 0.311 e. The van der Waals surface area contributed by atoms with E-state index >= 15 is 0 Å². The van der Waals surface area contributed by atoms with E-state index in [-0.39, 0.29) is 23.7 Å². The van der Waals surface area contributed by atoms with E-state index in [1.807, 2.05) is 6.92 Å². The van der Waals surface area contributed by atoms with Gasteiger partial charge in [0.15, 0.2) is 5.75 Å². The molecule has 0 radical (unpaired) electrons. The molecule has 112 valence electrons. The van der Waals surface area contributed by atoms with Crippen molar-refractivity contribution in [2.24, 2.45) is 0 Å². The number of carbonyl (C=O) groups is 1. The van der Waals surface area contributed by atoms with Crippen LogP contribution < -0.4 is 4.74 Å². The molecule has 1 aromatic rings. The fourth-order valence-electron chi connectivity index (χ4n) is 1.65. The number of rotatable bonds is 8. The first-order valence-corrected chi connectivity index (χ1v) is 8.11. The second kappa shape index (κ2) is 8.01. The Bertz CT molecular complexity index is 536.